The SMILES string of the molecule is COCC1(C(=O)O)CCN(C(=O)c2cnn(-c3ccc(C)cc3)c2C(C)C)C1. The van der Waals surface area contributed by atoms with E-state index in [1.807, 2.05) is 45.0 Å². The number of ether oxygens (including phenoxy) is 1. The quantitative estimate of drug-likeness (QED) is 0.826. The number of carboxylic acid groups (broad SMARTS) is 1. The van der Waals surface area contributed by atoms with Gasteiger partial charge in [-0.2, -0.15) is 5.10 Å². The standard InChI is InChI=1S/C21H27N3O4/c1-14(2)18-17(11-22-24(18)16-7-5-15(3)6-8-16)19(25)23-10-9-21(12-23,13-28-4)20(26)27/h5-8,11,14H,9-10,12-13H2,1-4H3,(H,26,27). The highest BCUT2D eigenvalue weighted by molar-refractivity contribution is 5.96. The summed E-state index contributed by atoms with van der Waals surface area (Å²) < 4.78 is 6.92. The summed E-state index contributed by atoms with van der Waals surface area (Å²) in [5.41, 5.74) is 2.35. The number of methoxy groups -OCH3 is 1. The zero-order chi connectivity index (χ0) is 20.5. The van der Waals surface area contributed by atoms with Crippen LogP contribution in [-0.2, 0) is 9.53 Å². The summed E-state index contributed by atoms with van der Waals surface area (Å²) in [5, 5.41) is 14.1. The van der Waals surface area contributed by atoms with E-state index in [0.29, 0.717) is 18.5 Å². The molecule has 1 N–H and O–H groups in total. The fourth-order valence-corrected chi connectivity index (χ4v) is 3.82. The number of amides is 1. The Balaban J connectivity index is 1.93. The van der Waals surface area contributed by atoms with E-state index in [9.17, 15) is 14.7 Å². The van der Waals surface area contributed by atoms with Gasteiger partial charge < -0.3 is 14.7 Å². The highest BCUT2D eigenvalue weighted by Crippen LogP contribution is 2.33. The molecule has 2 heterocycles. The molecule has 1 aromatic carbocycles. The molecular formula is C21H27N3O4. The molecule has 7 nitrogen and oxygen atoms in total. The topological polar surface area (TPSA) is 84.7 Å². The smallest absolute Gasteiger partial charge is 0.313 e. The molecule has 1 fully saturated rings. The third-order valence-electron chi connectivity index (χ3n) is 5.38. The summed E-state index contributed by atoms with van der Waals surface area (Å²) >= 11 is 0. The number of aryl methyl sites for hydroxylation is 1. The minimum Gasteiger partial charge on any atom is -0.481 e. The first-order chi connectivity index (χ1) is 13.3. The molecule has 1 aromatic heterocycles. The first-order valence-corrected chi connectivity index (χ1v) is 9.45. The van der Waals surface area contributed by atoms with Gasteiger partial charge in [0.15, 0.2) is 0 Å². The summed E-state index contributed by atoms with van der Waals surface area (Å²) in [7, 11) is 1.48. The van der Waals surface area contributed by atoms with Crippen molar-refractivity contribution in [2.75, 3.05) is 26.8 Å². The van der Waals surface area contributed by atoms with Crippen LogP contribution in [0.4, 0.5) is 0 Å². The Labute approximate surface area is 164 Å². The van der Waals surface area contributed by atoms with Gasteiger partial charge in [0.25, 0.3) is 5.91 Å². The fraction of sp³-hybridized carbons (Fsp3) is 0.476. The Kier molecular flexibility index (Phi) is 5.56. The number of hydrogen-bond donors (Lipinski definition) is 1. The molecule has 0 aliphatic carbocycles. The molecule has 1 unspecified atom stereocenters. The normalized spacial score (nSPS) is 19.4. The van der Waals surface area contributed by atoms with Crippen LogP contribution < -0.4 is 0 Å². The van der Waals surface area contributed by atoms with Gasteiger partial charge in [0.2, 0.25) is 0 Å². The third kappa shape index (κ3) is 3.54. The molecule has 0 radical (unpaired) electrons. The summed E-state index contributed by atoms with van der Waals surface area (Å²) in [6, 6.07) is 7.98. The molecule has 0 bridgehead atoms. The van der Waals surface area contributed by atoms with Gasteiger partial charge >= 0.3 is 5.97 Å². The number of hydrogen-bond acceptors (Lipinski definition) is 4. The van der Waals surface area contributed by atoms with Crippen molar-refractivity contribution in [2.24, 2.45) is 5.41 Å². The van der Waals surface area contributed by atoms with Crippen molar-refractivity contribution in [1.29, 1.82) is 0 Å². The van der Waals surface area contributed by atoms with Gasteiger partial charge in [-0.05, 0) is 31.4 Å². The van der Waals surface area contributed by atoms with E-state index in [0.717, 1.165) is 16.9 Å². The molecule has 0 spiro atoms. The van der Waals surface area contributed by atoms with Gasteiger partial charge in [-0.3, -0.25) is 9.59 Å². The number of aliphatic carboxylic acids is 1. The summed E-state index contributed by atoms with van der Waals surface area (Å²) in [5.74, 6) is -1.03. The van der Waals surface area contributed by atoms with E-state index >= 15 is 0 Å². The Morgan fingerprint density at radius 1 is 1.29 bits per heavy atom. The number of rotatable bonds is 6. The zero-order valence-electron chi connectivity index (χ0n) is 16.8. The van der Waals surface area contributed by atoms with Gasteiger partial charge in [0.1, 0.15) is 5.41 Å². The van der Waals surface area contributed by atoms with Crippen LogP contribution in [0.25, 0.3) is 5.69 Å². The summed E-state index contributed by atoms with van der Waals surface area (Å²) in [4.78, 5) is 26.6. The second-order valence-electron chi connectivity index (χ2n) is 7.84. The van der Waals surface area contributed by atoms with Gasteiger partial charge in [0, 0.05) is 20.2 Å². The fourth-order valence-electron chi connectivity index (χ4n) is 3.82. The highest BCUT2D eigenvalue weighted by Gasteiger charge is 2.47. The lowest BCUT2D eigenvalue weighted by molar-refractivity contribution is -0.151. The Morgan fingerprint density at radius 3 is 2.54 bits per heavy atom. The monoisotopic (exact) mass is 385 g/mol. The van der Waals surface area contributed by atoms with E-state index in [2.05, 4.69) is 5.10 Å². The lowest BCUT2D eigenvalue weighted by Gasteiger charge is -2.24. The maximum atomic E-state index is 13.2. The lowest BCUT2D eigenvalue weighted by atomic mass is 9.88. The number of likely N-dealkylation sites (tertiary alicyclic amines) is 1. The molecule has 150 valence electrons. The molecule has 1 saturated heterocycles. The maximum absolute atomic E-state index is 13.2. The molecule has 1 atom stereocenters. The number of nitrogens with zero attached hydrogens (tertiary/aromatic N) is 3. The second kappa shape index (κ2) is 7.75. The Bertz CT molecular complexity index is 872. The molecule has 0 saturated carbocycles. The Morgan fingerprint density at radius 2 is 1.96 bits per heavy atom. The van der Waals surface area contributed by atoms with E-state index < -0.39 is 11.4 Å². The van der Waals surface area contributed by atoms with Crippen molar-refractivity contribution >= 4 is 11.9 Å². The first-order valence-electron chi connectivity index (χ1n) is 9.45. The minimum absolute atomic E-state index is 0.0774. The van der Waals surface area contributed by atoms with Crippen molar-refractivity contribution in [1.82, 2.24) is 14.7 Å². The summed E-state index contributed by atoms with van der Waals surface area (Å²) in [6.07, 6.45) is 1.97. The Hall–Kier alpha value is -2.67. The van der Waals surface area contributed by atoms with E-state index in [1.54, 1.807) is 15.8 Å². The molecule has 7 heteroatoms. The van der Waals surface area contributed by atoms with Crippen molar-refractivity contribution in [2.45, 2.75) is 33.1 Å². The van der Waals surface area contributed by atoms with E-state index in [-0.39, 0.29) is 25.0 Å². The molecule has 2 aromatic rings. The van der Waals surface area contributed by atoms with Crippen LogP contribution in [0.3, 0.4) is 0 Å². The van der Waals surface area contributed by atoms with E-state index in [4.69, 9.17) is 4.74 Å². The van der Waals surface area contributed by atoms with Crippen molar-refractivity contribution in [3.8, 4) is 5.69 Å². The van der Waals surface area contributed by atoms with E-state index in [1.165, 1.54) is 7.11 Å². The predicted molar refractivity (Wildman–Crippen MR) is 105 cm³/mol. The number of benzene rings is 1. The third-order valence-corrected chi connectivity index (χ3v) is 5.38. The number of carbonyl (C=O) groups excluding carboxylic acids is 1. The predicted octanol–water partition coefficient (Wildman–Crippen LogP) is 2.87. The zero-order valence-corrected chi connectivity index (χ0v) is 16.8. The molecule has 3 rings (SSSR count). The van der Waals surface area contributed by atoms with Crippen LogP contribution in [0.2, 0.25) is 0 Å². The van der Waals surface area contributed by atoms with Crippen molar-refractivity contribution in [3.63, 3.8) is 0 Å². The summed E-state index contributed by atoms with van der Waals surface area (Å²) in [6.45, 7) is 6.69. The number of carboxylic acids is 1. The van der Waals surface area contributed by atoms with Gasteiger partial charge in [0.05, 0.1) is 29.7 Å². The molecule has 1 aliphatic heterocycles. The van der Waals surface area contributed by atoms with Gasteiger partial charge in [-0.1, -0.05) is 31.5 Å². The second-order valence-corrected chi connectivity index (χ2v) is 7.84. The average Bonchev–Trinajstić information content (AvgIpc) is 3.28. The molecule has 1 amide bonds. The maximum Gasteiger partial charge on any atom is 0.313 e. The van der Waals surface area contributed by atoms with Crippen LogP contribution in [-0.4, -0.2) is 58.5 Å². The first kappa shape index (κ1) is 20.1. The molecule has 28 heavy (non-hydrogen) atoms. The van der Waals surface area contributed by atoms with Crippen LogP contribution in [0, 0.1) is 12.3 Å². The van der Waals surface area contributed by atoms with Crippen molar-refractivity contribution in [3.05, 3.63) is 47.3 Å². The van der Waals surface area contributed by atoms with Gasteiger partial charge in [-0.25, -0.2) is 4.68 Å². The molecular weight excluding hydrogens is 358 g/mol. The van der Waals surface area contributed by atoms with Crippen molar-refractivity contribution < 1.29 is 19.4 Å². The van der Waals surface area contributed by atoms with Gasteiger partial charge in [-0.15, -0.1) is 0 Å². The minimum atomic E-state index is -1.05. The van der Waals surface area contributed by atoms with Crippen LogP contribution >= 0.6 is 0 Å². The van der Waals surface area contributed by atoms with Crippen LogP contribution in [0.5, 0.6) is 0 Å². The highest BCUT2D eigenvalue weighted by atomic mass is 16.5. The van der Waals surface area contributed by atoms with Crippen LogP contribution in [0.15, 0.2) is 30.5 Å². The molecule has 1 aliphatic rings. The number of aromatic nitrogens is 2. The lowest BCUT2D eigenvalue weighted by Crippen LogP contribution is -2.40. The largest absolute Gasteiger partial charge is 0.481 e. The number of carbonyl (C=O) groups is 2. The average molecular weight is 385 g/mol. The van der Waals surface area contributed by atoms with Crippen LogP contribution in [0.1, 0.15) is 47.8 Å².